The Morgan fingerprint density at radius 3 is 2.70 bits per heavy atom. The van der Waals surface area contributed by atoms with Crippen LogP contribution in [0.2, 0.25) is 0 Å². The molecular weight excluding hydrogens is 707 g/mol. The number of nitrogens with one attached hydrogen (secondary N) is 5. The maximum Gasteiger partial charge on any atom is 0.350 e. The van der Waals surface area contributed by atoms with Gasteiger partial charge in [-0.05, 0) is 88.1 Å². The maximum atomic E-state index is 14.4. The summed E-state index contributed by atoms with van der Waals surface area (Å²) >= 11 is 0. The van der Waals surface area contributed by atoms with E-state index in [2.05, 4.69) is 55.9 Å². The molecule has 2 fully saturated rings. The summed E-state index contributed by atoms with van der Waals surface area (Å²) in [6, 6.07) is 6.49. The first kappa shape index (κ1) is 39.7. The number of hydrogen-bond donors (Lipinski definition) is 6. The van der Waals surface area contributed by atoms with Crippen LogP contribution in [0.3, 0.4) is 0 Å². The minimum absolute atomic E-state index is 0.0342. The van der Waals surface area contributed by atoms with Crippen molar-refractivity contribution >= 4 is 23.5 Å². The second kappa shape index (κ2) is 17.3. The summed E-state index contributed by atoms with van der Waals surface area (Å²) in [4.78, 5) is 47.2. The van der Waals surface area contributed by atoms with Crippen LogP contribution in [0.4, 0.5) is 0 Å². The number of nitrogens with two attached hydrogens (primary N) is 1. The van der Waals surface area contributed by atoms with Gasteiger partial charge < -0.3 is 41.8 Å². The van der Waals surface area contributed by atoms with E-state index in [0.717, 1.165) is 42.8 Å². The molecule has 0 amide bonds. The number of esters is 1. The predicted octanol–water partition coefficient (Wildman–Crippen LogP) is 4.33. The quantitative estimate of drug-likeness (QED) is 0.0286. The number of benzene rings is 1. The summed E-state index contributed by atoms with van der Waals surface area (Å²) < 4.78 is 12.4. The van der Waals surface area contributed by atoms with Crippen molar-refractivity contribution in [1.29, 1.82) is 0 Å². The normalized spacial score (nSPS) is 29.4. The molecule has 2 heterocycles. The smallest absolute Gasteiger partial charge is 0.350 e. The number of allylic oxidation sites excluding steroid dienone is 3. The number of nitrogens with zero attached hydrogens (tertiary/aromatic N) is 1. The van der Waals surface area contributed by atoms with Gasteiger partial charge in [-0.15, -0.1) is 0 Å². The van der Waals surface area contributed by atoms with Crippen LogP contribution in [0.5, 0.6) is 0 Å². The summed E-state index contributed by atoms with van der Waals surface area (Å²) in [7, 11) is 3.50. The van der Waals surface area contributed by atoms with Crippen molar-refractivity contribution in [3.8, 4) is 0 Å². The first-order valence-corrected chi connectivity index (χ1v) is 20.5. The van der Waals surface area contributed by atoms with Crippen molar-refractivity contribution in [1.82, 2.24) is 26.6 Å². The Hall–Kier alpha value is -4.52. The molecular formula is C44H59N7O5. The van der Waals surface area contributed by atoms with Gasteiger partial charge in [0.15, 0.2) is 17.3 Å². The van der Waals surface area contributed by atoms with Crippen LogP contribution in [0.25, 0.3) is 0 Å². The number of hydrogen-bond acceptors (Lipinski definition) is 10. The van der Waals surface area contributed by atoms with Gasteiger partial charge in [-0.3, -0.25) is 14.6 Å². The number of guanidine groups is 1. The minimum Gasteiger partial charge on any atom is -0.463 e. The van der Waals surface area contributed by atoms with Gasteiger partial charge in [-0.25, -0.2) is 4.79 Å². The van der Waals surface area contributed by atoms with Crippen LogP contribution >= 0.6 is 0 Å². The summed E-state index contributed by atoms with van der Waals surface area (Å²) in [5.41, 5.74) is 6.20. The van der Waals surface area contributed by atoms with E-state index in [4.69, 9.17) is 15.2 Å². The monoisotopic (exact) mass is 765 g/mol. The van der Waals surface area contributed by atoms with Crippen molar-refractivity contribution in [3.05, 3.63) is 94.4 Å². The SMILES string of the molecule is CN=C(N)N[C@@H](C/C(C)=C/C[C@@]12O[C@]1(C(=O)OC[C@@H]1C[C@@H]3CCC=CC3=C[C@H]1NCC1CCCCC1)C(=O)c1ccccc1C2=O)C1=CCNC(NCNC)=C1. The molecule has 7 rings (SSSR count). The molecule has 12 heteroatoms. The Kier molecular flexibility index (Phi) is 12.3. The van der Waals surface area contributed by atoms with Crippen molar-refractivity contribution in [3.63, 3.8) is 0 Å². The molecule has 1 saturated carbocycles. The molecule has 0 spiro atoms. The van der Waals surface area contributed by atoms with E-state index >= 15 is 0 Å². The van der Waals surface area contributed by atoms with Gasteiger partial charge in [-0.1, -0.05) is 79.5 Å². The average Bonchev–Trinajstić information content (AvgIpc) is 3.94. The lowest BCUT2D eigenvalue weighted by atomic mass is 9.72. The zero-order chi connectivity index (χ0) is 39.3. The van der Waals surface area contributed by atoms with E-state index in [-0.39, 0.29) is 47.9 Å². The molecule has 0 aromatic heterocycles. The number of ether oxygens (including phenoxy) is 2. The Morgan fingerprint density at radius 2 is 1.93 bits per heavy atom. The lowest BCUT2D eigenvalue weighted by Crippen LogP contribution is -2.51. The van der Waals surface area contributed by atoms with Crippen LogP contribution in [-0.2, 0) is 14.3 Å². The lowest BCUT2D eigenvalue weighted by Gasteiger charge is -2.37. The fraction of sp³-hybridized carbons (Fsp3) is 0.545. The number of dihydropyridines is 1. The lowest BCUT2D eigenvalue weighted by molar-refractivity contribution is -0.150. The highest BCUT2D eigenvalue weighted by molar-refractivity contribution is 6.32. The number of rotatable bonds is 15. The number of aliphatic imine (C=N–C) groups is 1. The minimum atomic E-state index is -2.03. The average molecular weight is 766 g/mol. The molecule has 6 atom stereocenters. The molecule has 56 heavy (non-hydrogen) atoms. The molecule has 300 valence electrons. The summed E-state index contributed by atoms with van der Waals surface area (Å²) in [5.74, 6) is 0.604. The third-order valence-corrected chi connectivity index (χ3v) is 12.6. The fourth-order valence-corrected chi connectivity index (χ4v) is 9.35. The first-order chi connectivity index (χ1) is 27.2. The van der Waals surface area contributed by atoms with Gasteiger partial charge in [0.25, 0.3) is 5.60 Å². The van der Waals surface area contributed by atoms with Crippen LogP contribution in [0.1, 0.15) is 91.8 Å². The largest absolute Gasteiger partial charge is 0.463 e. The Morgan fingerprint density at radius 1 is 1.14 bits per heavy atom. The van der Waals surface area contributed by atoms with E-state index in [9.17, 15) is 14.4 Å². The van der Waals surface area contributed by atoms with E-state index in [0.29, 0.717) is 37.4 Å². The second-order valence-electron chi connectivity index (χ2n) is 16.3. The topological polar surface area (TPSA) is 172 Å². The molecule has 2 aliphatic heterocycles. The highest BCUT2D eigenvalue weighted by atomic mass is 16.7. The van der Waals surface area contributed by atoms with Gasteiger partial charge in [-0.2, -0.15) is 0 Å². The van der Waals surface area contributed by atoms with E-state index in [1.54, 1.807) is 31.3 Å². The van der Waals surface area contributed by atoms with Gasteiger partial charge in [0.05, 0.1) is 19.3 Å². The van der Waals surface area contributed by atoms with Crippen molar-refractivity contribution in [2.45, 2.75) is 94.4 Å². The third kappa shape index (κ3) is 8.01. The van der Waals surface area contributed by atoms with Gasteiger partial charge in [0, 0.05) is 43.1 Å². The van der Waals surface area contributed by atoms with E-state index in [1.165, 1.54) is 37.7 Å². The summed E-state index contributed by atoms with van der Waals surface area (Å²) in [5, 5.41) is 16.9. The molecule has 1 saturated heterocycles. The van der Waals surface area contributed by atoms with Crippen molar-refractivity contribution in [2.75, 3.05) is 40.5 Å². The number of epoxide rings is 1. The number of fused-ring (bicyclic) bond motifs is 3. The third-order valence-electron chi connectivity index (χ3n) is 12.6. The molecule has 6 aliphatic rings. The van der Waals surface area contributed by atoms with Crippen molar-refractivity contribution < 1.29 is 23.9 Å². The molecule has 1 aromatic rings. The zero-order valence-electron chi connectivity index (χ0n) is 33.1. The number of ketones is 2. The standard InChI is InChI=1S/C44H59N7O5/c1-28(21-37(51-42(45)47-3)32-18-20-48-38(24-32)50-27-46-2)17-19-43-39(52)34-15-9-10-16-35(34)40(53)44(43,56-43)41(54)55-26-33-22-30-13-7-8-14-31(30)23-36(33)49-25-29-11-5-4-6-12-29/h8-10,14-18,23-24,29-30,33,36-37,46,48-50H,4-7,11-13,19-22,25-27H2,1-3H3,(H3,45,47,51)/b28-17+/t30-,33-,36+,37-,43-,44-/m0/s1. The molecule has 0 radical (unpaired) electrons. The van der Waals surface area contributed by atoms with Crippen molar-refractivity contribution in [2.24, 2.45) is 28.5 Å². The predicted molar refractivity (Wildman–Crippen MR) is 218 cm³/mol. The Bertz CT molecular complexity index is 1860. The maximum absolute atomic E-state index is 14.4. The Labute approximate surface area is 331 Å². The molecule has 12 nitrogen and oxygen atoms in total. The summed E-state index contributed by atoms with van der Waals surface area (Å²) in [6.07, 6.45) is 22.8. The fourth-order valence-electron chi connectivity index (χ4n) is 9.35. The molecule has 7 N–H and O–H groups in total. The molecule has 0 bridgehead atoms. The van der Waals surface area contributed by atoms with E-state index in [1.807, 2.05) is 26.1 Å². The van der Waals surface area contributed by atoms with Crippen LogP contribution < -0.4 is 32.3 Å². The van der Waals surface area contributed by atoms with Crippen LogP contribution in [-0.4, -0.2) is 87.2 Å². The number of Topliss-reactive ketones (excluding diaryl/α,β-unsaturated/α-hetero) is 2. The van der Waals surface area contributed by atoms with Gasteiger partial charge >= 0.3 is 5.97 Å². The molecule has 4 aliphatic carbocycles. The highest BCUT2D eigenvalue weighted by Gasteiger charge is 2.85. The Balaban J connectivity index is 1.10. The first-order valence-electron chi connectivity index (χ1n) is 20.5. The van der Waals surface area contributed by atoms with Crippen LogP contribution in [0, 0.1) is 17.8 Å². The van der Waals surface area contributed by atoms with Gasteiger partial charge in [0.2, 0.25) is 5.78 Å². The number of carbonyl (C=O) groups is 3. The van der Waals surface area contributed by atoms with E-state index < -0.39 is 23.0 Å². The molecule has 1 aromatic carbocycles. The number of carbonyl (C=O) groups excluding carboxylic acids is 3. The van der Waals surface area contributed by atoms with Gasteiger partial charge in [0.1, 0.15) is 5.82 Å². The second-order valence-corrected chi connectivity index (χ2v) is 16.3. The summed E-state index contributed by atoms with van der Waals surface area (Å²) in [6.45, 7) is 4.27. The van der Waals surface area contributed by atoms with Crippen LogP contribution in [0.15, 0.2) is 88.3 Å². The molecule has 0 unspecified atom stereocenters. The highest BCUT2D eigenvalue weighted by Crippen LogP contribution is 2.58. The zero-order valence-corrected chi connectivity index (χ0v) is 33.1.